The molecule has 0 saturated carbocycles. The van der Waals surface area contributed by atoms with Gasteiger partial charge in [-0.25, -0.2) is 9.07 Å². The Morgan fingerprint density at radius 2 is 2.33 bits per heavy atom. The molecule has 1 fully saturated rings. The number of amides is 1. The molecular formula is C13H15FN6O. The van der Waals surface area contributed by atoms with Crippen molar-refractivity contribution in [3.05, 3.63) is 35.9 Å². The molecule has 1 atom stereocenters. The highest BCUT2D eigenvalue weighted by atomic mass is 19.1. The van der Waals surface area contributed by atoms with Crippen molar-refractivity contribution in [2.45, 2.75) is 25.4 Å². The van der Waals surface area contributed by atoms with Gasteiger partial charge in [-0.05, 0) is 53.6 Å². The van der Waals surface area contributed by atoms with Crippen molar-refractivity contribution in [1.82, 2.24) is 25.1 Å². The number of nitrogens with zero attached hydrogens (tertiary/aromatic N) is 5. The van der Waals surface area contributed by atoms with Gasteiger partial charge in [0, 0.05) is 6.54 Å². The minimum absolute atomic E-state index is 0.296. The molecule has 0 bridgehead atoms. The van der Waals surface area contributed by atoms with Crippen LogP contribution < -0.4 is 5.73 Å². The van der Waals surface area contributed by atoms with Crippen molar-refractivity contribution in [2.75, 3.05) is 6.54 Å². The van der Waals surface area contributed by atoms with Gasteiger partial charge < -0.3 is 5.73 Å². The lowest BCUT2D eigenvalue weighted by molar-refractivity contribution is -0.122. The van der Waals surface area contributed by atoms with E-state index in [0.29, 0.717) is 12.2 Å². The molecule has 0 radical (unpaired) electrons. The molecule has 2 N–H and O–H groups in total. The van der Waals surface area contributed by atoms with Crippen LogP contribution in [0.5, 0.6) is 0 Å². The fraction of sp³-hybridized carbons (Fsp3) is 0.385. The van der Waals surface area contributed by atoms with Crippen molar-refractivity contribution in [2.24, 2.45) is 5.73 Å². The predicted octanol–water partition coefficient (Wildman–Crippen LogP) is 0.251. The maximum absolute atomic E-state index is 13.5. The maximum atomic E-state index is 13.5. The van der Waals surface area contributed by atoms with Gasteiger partial charge in [-0.1, -0.05) is 0 Å². The van der Waals surface area contributed by atoms with Gasteiger partial charge in [0.25, 0.3) is 0 Å². The van der Waals surface area contributed by atoms with Crippen molar-refractivity contribution in [3.8, 4) is 5.69 Å². The number of carbonyl (C=O) groups is 1. The third-order valence-electron chi connectivity index (χ3n) is 3.70. The van der Waals surface area contributed by atoms with E-state index in [9.17, 15) is 9.18 Å². The van der Waals surface area contributed by atoms with E-state index < -0.39 is 0 Å². The number of likely N-dealkylation sites (tertiary alicyclic amines) is 1. The summed E-state index contributed by atoms with van der Waals surface area (Å²) < 4.78 is 15.0. The molecule has 2 heterocycles. The summed E-state index contributed by atoms with van der Waals surface area (Å²) in [6, 6.07) is 4.12. The highest BCUT2D eigenvalue weighted by molar-refractivity contribution is 5.80. The zero-order valence-electron chi connectivity index (χ0n) is 11.3. The number of carbonyl (C=O) groups excluding carboxylic acids is 1. The zero-order valence-corrected chi connectivity index (χ0v) is 11.3. The minimum atomic E-state index is -0.340. The molecule has 2 aromatic rings. The number of benzene rings is 1. The Hall–Kier alpha value is -2.35. The second-order valence-electron chi connectivity index (χ2n) is 5.06. The topological polar surface area (TPSA) is 89.9 Å². The van der Waals surface area contributed by atoms with E-state index in [1.54, 1.807) is 6.07 Å². The van der Waals surface area contributed by atoms with Gasteiger partial charge in [0.05, 0.1) is 11.7 Å². The first-order chi connectivity index (χ1) is 10.1. The van der Waals surface area contributed by atoms with Crippen molar-refractivity contribution in [3.63, 3.8) is 0 Å². The van der Waals surface area contributed by atoms with Crippen LogP contribution in [0, 0.1) is 5.82 Å². The van der Waals surface area contributed by atoms with Crippen LogP contribution in [0.2, 0.25) is 0 Å². The average Bonchev–Trinajstić information content (AvgIpc) is 3.09. The Kier molecular flexibility index (Phi) is 3.61. The van der Waals surface area contributed by atoms with E-state index in [1.165, 1.54) is 23.1 Å². The lowest BCUT2D eigenvalue weighted by atomic mass is 10.1. The summed E-state index contributed by atoms with van der Waals surface area (Å²) in [5, 5.41) is 11.0. The monoisotopic (exact) mass is 290 g/mol. The Labute approximate surface area is 120 Å². The second kappa shape index (κ2) is 5.57. The number of aromatic nitrogens is 4. The number of hydrogen-bond acceptors (Lipinski definition) is 5. The Morgan fingerprint density at radius 3 is 3.05 bits per heavy atom. The molecule has 1 saturated heterocycles. The van der Waals surface area contributed by atoms with Crippen molar-refractivity contribution in [1.29, 1.82) is 0 Å². The van der Waals surface area contributed by atoms with E-state index >= 15 is 0 Å². The van der Waals surface area contributed by atoms with Crippen LogP contribution >= 0.6 is 0 Å². The molecule has 0 aliphatic carbocycles. The normalized spacial score (nSPS) is 19.0. The van der Waals surface area contributed by atoms with E-state index in [1.807, 2.05) is 4.90 Å². The molecule has 7 nitrogen and oxygen atoms in total. The Morgan fingerprint density at radius 1 is 1.48 bits per heavy atom. The number of primary amides is 1. The van der Waals surface area contributed by atoms with Gasteiger partial charge in [0.1, 0.15) is 12.1 Å². The van der Waals surface area contributed by atoms with E-state index in [0.717, 1.165) is 24.9 Å². The standard InChI is InChI=1S/C13H15FN6O/c14-10-3-4-11(20-8-16-17-18-20)9(6-10)7-19-5-1-2-12(19)13(15)21/h3-4,6,8,12H,1-2,5,7H2,(H2,15,21)/t12-/m0/s1. The summed E-state index contributed by atoms with van der Waals surface area (Å²) >= 11 is 0. The molecule has 1 aromatic carbocycles. The lowest BCUT2D eigenvalue weighted by Gasteiger charge is -2.23. The maximum Gasteiger partial charge on any atom is 0.234 e. The molecule has 1 aromatic heterocycles. The van der Waals surface area contributed by atoms with Gasteiger partial charge in [-0.15, -0.1) is 5.10 Å². The molecule has 1 aliphatic heterocycles. The largest absolute Gasteiger partial charge is 0.368 e. The van der Waals surface area contributed by atoms with Crippen molar-refractivity contribution >= 4 is 5.91 Å². The van der Waals surface area contributed by atoms with Crippen LogP contribution in [-0.2, 0) is 11.3 Å². The van der Waals surface area contributed by atoms with E-state index in [4.69, 9.17) is 5.73 Å². The predicted molar refractivity (Wildman–Crippen MR) is 71.7 cm³/mol. The number of halogens is 1. The van der Waals surface area contributed by atoms with Gasteiger partial charge in [0.2, 0.25) is 5.91 Å². The Balaban J connectivity index is 1.91. The SMILES string of the molecule is NC(=O)[C@@H]1CCCN1Cc1cc(F)ccc1-n1cnnn1. The summed E-state index contributed by atoms with van der Waals surface area (Å²) in [4.78, 5) is 13.4. The summed E-state index contributed by atoms with van der Waals surface area (Å²) in [5.41, 5.74) is 6.82. The first kappa shape index (κ1) is 13.6. The van der Waals surface area contributed by atoms with Gasteiger partial charge in [-0.3, -0.25) is 9.69 Å². The average molecular weight is 290 g/mol. The molecule has 110 valence electrons. The van der Waals surface area contributed by atoms with E-state index in [-0.39, 0.29) is 17.8 Å². The van der Waals surface area contributed by atoms with Crippen molar-refractivity contribution < 1.29 is 9.18 Å². The summed E-state index contributed by atoms with van der Waals surface area (Å²) in [6.07, 6.45) is 3.10. The van der Waals surface area contributed by atoms with Crippen LogP contribution in [0.1, 0.15) is 18.4 Å². The van der Waals surface area contributed by atoms with Crippen LogP contribution in [0.25, 0.3) is 5.69 Å². The lowest BCUT2D eigenvalue weighted by Crippen LogP contribution is -2.39. The third kappa shape index (κ3) is 2.75. The number of hydrogen-bond donors (Lipinski definition) is 1. The molecule has 8 heteroatoms. The third-order valence-corrected chi connectivity index (χ3v) is 3.70. The first-order valence-electron chi connectivity index (χ1n) is 6.70. The number of tetrazole rings is 1. The minimum Gasteiger partial charge on any atom is -0.368 e. The number of rotatable bonds is 4. The van der Waals surface area contributed by atoms with Crippen LogP contribution in [-0.4, -0.2) is 43.6 Å². The van der Waals surface area contributed by atoms with Gasteiger partial charge in [-0.2, -0.15) is 0 Å². The molecule has 0 spiro atoms. The fourth-order valence-electron chi connectivity index (χ4n) is 2.73. The summed E-state index contributed by atoms with van der Waals surface area (Å²) in [7, 11) is 0. The highest BCUT2D eigenvalue weighted by Gasteiger charge is 2.29. The molecular weight excluding hydrogens is 275 g/mol. The van der Waals surface area contributed by atoms with Gasteiger partial charge in [0.15, 0.2) is 0 Å². The zero-order chi connectivity index (χ0) is 14.8. The summed E-state index contributed by atoms with van der Waals surface area (Å²) in [5.74, 6) is -0.676. The molecule has 1 aliphatic rings. The first-order valence-corrected chi connectivity index (χ1v) is 6.70. The number of nitrogens with two attached hydrogens (primary N) is 1. The smallest absolute Gasteiger partial charge is 0.234 e. The van der Waals surface area contributed by atoms with Crippen LogP contribution in [0.4, 0.5) is 4.39 Å². The van der Waals surface area contributed by atoms with Crippen LogP contribution in [0.3, 0.4) is 0 Å². The Bertz CT molecular complexity index is 644. The van der Waals surface area contributed by atoms with E-state index in [2.05, 4.69) is 15.5 Å². The highest BCUT2D eigenvalue weighted by Crippen LogP contribution is 2.23. The molecule has 1 amide bonds. The molecule has 0 unspecified atom stereocenters. The second-order valence-corrected chi connectivity index (χ2v) is 5.06. The molecule has 3 rings (SSSR count). The molecule has 21 heavy (non-hydrogen) atoms. The van der Waals surface area contributed by atoms with Gasteiger partial charge >= 0.3 is 0 Å². The summed E-state index contributed by atoms with van der Waals surface area (Å²) in [6.45, 7) is 1.19. The fourth-order valence-corrected chi connectivity index (χ4v) is 2.73. The quantitative estimate of drug-likeness (QED) is 0.872. The van der Waals surface area contributed by atoms with Crippen LogP contribution in [0.15, 0.2) is 24.5 Å².